The van der Waals surface area contributed by atoms with Crippen LogP contribution in [0.4, 0.5) is 0 Å². The summed E-state index contributed by atoms with van der Waals surface area (Å²) in [4.78, 5) is 11.5. The second kappa shape index (κ2) is 8.46. The summed E-state index contributed by atoms with van der Waals surface area (Å²) in [5, 5.41) is 10.2. The lowest BCUT2D eigenvalue weighted by Gasteiger charge is -2.45. The molecular weight excluding hydrogens is 284 g/mol. The van der Waals surface area contributed by atoms with Gasteiger partial charge in [-0.05, 0) is 82.0 Å². The second-order valence-corrected chi connectivity index (χ2v) is 8.49. The summed E-state index contributed by atoms with van der Waals surface area (Å²) in [5.74, 6) is 3.94. The van der Waals surface area contributed by atoms with Gasteiger partial charge in [0.25, 0.3) is 0 Å². The van der Waals surface area contributed by atoms with Crippen LogP contribution in [0.1, 0.15) is 79.1 Å². The summed E-state index contributed by atoms with van der Waals surface area (Å²) in [6.45, 7) is 8.68. The van der Waals surface area contributed by atoms with Crippen molar-refractivity contribution in [1.82, 2.24) is 0 Å². The molecule has 0 heterocycles. The molecule has 0 aromatic carbocycles. The molecule has 1 saturated carbocycles. The van der Waals surface area contributed by atoms with Gasteiger partial charge in [0.15, 0.2) is 0 Å². The first-order chi connectivity index (χ1) is 10.9. The molecule has 2 nitrogen and oxygen atoms in total. The highest BCUT2D eigenvalue weighted by Gasteiger charge is 2.39. The van der Waals surface area contributed by atoms with Crippen molar-refractivity contribution in [3.05, 3.63) is 11.6 Å². The predicted octanol–water partition coefficient (Wildman–Crippen LogP) is 5.15. The minimum atomic E-state index is -0.165. The van der Waals surface area contributed by atoms with Gasteiger partial charge in [-0.2, -0.15) is 0 Å². The molecule has 0 amide bonds. The fourth-order valence-electron chi connectivity index (χ4n) is 5.11. The monoisotopic (exact) mass is 320 g/mol. The Labute approximate surface area is 142 Å². The molecule has 1 fully saturated rings. The van der Waals surface area contributed by atoms with Gasteiger partial charge in [-0.1, -0.05) is 31.9 Å². The molecule has 2 rings (SSSR count). The van der Waals surface area contributed by atoms with Crippen LogP contribution in [0.25, 0.3) is 0 Å². The Morgan fingerprint density at radius 2 is 1.83 bits per heavy atom. The standard InChI is InChI=1S/C21H36O2/c1-14-5-10-21-19(15(2)6-9-18(23)13-14)11-7-16(3)20(21)12-8-17(4)22/h5,15-16,18-21,23H,6-13H2,1-4H3/b14-5+/t15-,16+,18-,19?,20?,21?/m0/s1. The van der Waals surface area contributed by atoms with Crippen LogP contribution in [0.3, 0.4) is 0 Å². The topological polar surface area (TPSA) is 37.3 Å². The highest BCUT2D eigenvalue weighted by Crippen LogP contribution is 2.47. The molecule has 2 aliphatic rings. The summed E-state index contributed by atoms with van der Waals surface area (Å²) in [7, 11) is 0. The number of rotatable bonds is 3. The van der Waals surface area contributed by atoms with E-state index >= 15 is 0 Å². The van der Waals surface area contributed by atoms with Gasteiger partial charge in [0.2, 0.25) is 0 Å². The Hall–Kier alpha value is -0.630. The van der Waals surface area contributed by atoms with E-state index in [1.165, 1.54) is 18.4 Å². The summed E-state index contributed by atoms with van der Waals surface area (Å²) < 4.78 is 0. The predicted molar refractivity (Wildman–Crippen MR) is 96.2 cm³/mol. The molecule has 2 aliphatic carbocycles. The smallest absolute Gasteiger partial charge is 0.129 e. The summed E-state index contributed by atoms with van der Waals surface area (Å²) in [5.41, 5.74) is 1.34. The molecule has 6 atom stereocenters. The van der Waals surface area contributed by atoms with Crippen molar-refractivity contribution < 1.29 is 9.90 Å². The van der Waals surface area contributed by atoms with E-state index in [1.54, 1.807) is 6.92 Å². The van der Waals surface area contributed by atoms with E-state index in [0.717, 1.165) is 56.3 Å². The van der Waals surface area contributed by atoms with E-state index in [4.69, 9.17) is 0 Å². The van der Waals surface area contributed by atoms with Crippen LogP contribution in [-0.2, 0) is 4.79 Å². The first-order valence-corrected chi connectivity index (χ1v) is 9.71. The van der Waals surface area contributed by atoms with Crippen molar-refractivity contribution in [1.29, 1.82) is 0 Å². The quantitative estimate of drug-likeness (QED) is 0.730. The Bertz CT molecular complexity index is 426. The van der Waals surface area contributed by atoms with Crippen molar-refractivity contribution in [3.63, 3.8) is 0 Å². The van der Waals surface area contributed by atoms with E-state index in [1.807, 2.05) is 0 Å². The average molecular weight is 321 g/mol. The molecule has 0 radical (unpaired) electrons. The molecule has 0 aromatic heterocycles. The fraction of sp³-hybridized carbons (Fsp3) is 0.857. The molecule has 0 aliphatic heterocycles. The number of aliphatic hydroxyl groups excluding tert-OH is 1. The molecule has 1 N–H and O–H groups in total. The zero-order valence-corrected chi connectivity index (χ0v) is 15.6. The Balaban J connectivity index is 2.20. The number of hydrogen-bond donors (Lipinski definition) is 1. The van der Waals surface area contributed by atoms with Gasteiger partial charge in [-0.3, -0.25) is 0 Å². The summed E-state index contributed by atoms with van der Waals surface area (Å²) in [6.07, 6.45) is 10.7. The molecule has 0 bridgehead atoms. The molecule has 23 heavy (non-hydrogen) atoms. The van der Waals surface area contributed by atoms with E-state index in [9.17, 15) is 9.90 Å². The molecule has 2 heteroatoms. The van der Waals surface area contributed by atoms with Crippen molar-refractivity contribution in [3.8, 4) is 0 Å². The SMILES string of the molecule is CC(=O)CCC1C2C/C=C(\C)C[C@@H](O)CC[C@H](C)C2CC[C@H]1C. The van der Waals surface area contributed by atoms with E-state index < -0.39 is 0 Å². The molecule has 0 aromatic rings. The first kappa shape index (κ1) is 18.7. The molecule has 0 spiro atoms. The zero-order chi connectivity index (χ0) is 17.0. The lowest BCUT2D eigenvalue weighted by atomic mass is 9.60. The molecule has 132 valence electrons. The number of carbonyl (C=O) groups is 1. The van der Waals surface area contributed by atoms with Gasteiger partial charge in [-0.15, -0.1) is 0 Å². The third-order valence-electron chi connectivity index (χ3n) is 6.60. The lowest BCUT2D eigenvalue weighted by Crippen LogP contribution is -2.37. The maximum Gasteiger partial charge on any atom is 0.129 e. The van der Waals surface area contributed by atoms with Crippen LogP contribution < -0.4 is 0 Å². The second-order valence-electron chi connectivity index (χ2n) is 8.49. The van der Waals surface area contributed by atoms with Gasteiger partial charge in [0, 0.05) is 6.42 Å². The number of carbonyl (C=O) groups excluding carboxylic acids is 1. The van der Waals surface area contributed by atoms with Gasteiger partial charge >= 0.3 is 0 Å². The van der Waals surface area contributed by atoms with Gasteiger partial charge in [-0.25, -0.2) is 0 Å². The minimum Gasteiger partial charge on any atom is -0.393 e. The van der Waals surface area contributed by atoms with Gasteiger partial charge < -0.3 is 9.90 Å². The van der Waals surface area contributed by atoms with Crippen molar-refractivity contribution in [2.45, 2.75) is 85.2 Å². The highest BCUT2D eigenvalue weighted by molar-refractivity contribution is 5.75. The first-order valence-electron chi connectivity index (χ1n) is 9.71. The molecule has 0 saturated heterocycles. The number of ketones is 1. The zero-order valence-electron chi connectivity index (χ0n) is 15.6. The van der Waals surface area contributed by atoms with Crippen LogP contribution in [0.15, 0.2) is 11.6 Å². The Morgan fingerprint density at radius 1 is 1.13 bits per heavy atom. The van der Waals surface area contributed by atoms with Crippen LogP contribution >= 0.6 is 0 Å². The number of aliphatic hydroxyl groups is 1. The minimum absolute atomic E-state index is 0.165. The number of Topliss-reactive ketones (excluding diaryl/α,β-unsaturated/α-hetero) is 1. The maximum absolute atomic E-state index is 11.5. The fourth-order valence-corrected chi connectivity index (χ4v) is 5.11. The molecule has 3 unspecified atom stereocenters. The third-order valence-corrected chi connectivity index (χ3v) is 6.60. The third kappa shape index (κ3) is 5.17. The maximum atomic E-state index is 11.5. The van der Waals surface area contributed by atoms with Gasteiger partial charge in [0.05, 0.1) is 6.10 Å². The Morgan fingerprint density at radius 3 is 2.52 bits per heavy atom. The highest BCUT2D eigenvalue weighted by atomic mass is 16.3. The van der Waals surface area contributed by atoms with Crippen molar-refractivity contribution in [2.24, 2.45) is 29.6 Å². The van der Waals surface area contributed by atoms with Crippen molar-refractivity contribution in [2.75, 3.05) is 0 Å². The van der Waals surface area contributed by atoms with Crippen molar-refractivity contribution >= 4 is 5.78 Å². The average Bonchev–Trinajstić information content (AvgIpc) is 2.48. The summed E-state index contributed by atoms with van der Waals surface area (Å²) in [6, 6.07) is 0. The van der Waals surface area contributed by atoms with Gasteiger partial charge in [0.1, 0.15) is 5.78 Å². The van der Waals surface area contributed by atoms with E-state index in [-0.39, 0.29) is 6.10 Å². The number of fused-ring (bicyclic) bond motifs is 1. The van der Waals surface area contributed by atoms with Crippen LogP contribution in [0.2, 0.25) is 0 Å². The van der Waals surface area contributed by atoms with Crippen LogP contribution in [0.5, 0.6) is 0 Å². The summed E-state index contributed by atoms with van der Waals surface area (Å²) >= 11 is 0. The van der Waals surface area contributed by atoms with E-state index in [0.29, 0.717) is 17.6 Å². The van der Waals surface area contributed by atoms with E-state index in [2.05, 4.69) is 26.8 Å². The van der Waals surface area contributed by atoms with Crippen LogP contribution in [0, 0.1) is 29.6 Å². The lowest BCUT2D eigenvalue weighted by molar-refractivity contribution is -0.117. The normalized spacial score (nSPS) is 41.5. The number of allylic oxidation sites excluding steroid dienone is 1. The largest absolute Gasteiger partial charge is 0.393 e. The Kier molecular flexibility index (Phi) is 6.88. The molecular formula is C21H36O2. The van der Waals surface area contributed by atoms with Crippen LogP contribution in [-0.4, -0.2) is 17.0 Å². The number of hydrogen-bond acceptors (Lipinski definition) is 2.